The van der Waals surface area contributed by atoms with Crippen LogP contribution in [0.2, 0.25) is 0 Å². The highest BCUT2D eigenvalue weighted by molar-refractivity contribution is 5.82. The molecule has 0 aliphatic carbocycles. The van der Waals surface area contributed by atoms with Crippen molar-refractivity contribution in [3.63, 3.8) is 0 Å². The fraction of sp³-hybridized carbons (Fsp3) is 0.850. The molecular formula is C20H41N5O3. The number of amides is 2. The Kier molecular flexibility index (Phi) is 10.3. The molecule has 0 aliphatic rings. The minimum Gasteiger partial charge on any atom is -0.444 e. The summed E-state index contributed by atoms with van der Waals surface area (Å²) in [5, 5.41) is 12.3. The monoisotopic (exact) mass is 399 g/mol. The quantitative estimate of drug-likeness (QED) is 0.285. The number of nitrogens with zero attached hydrogens (tertiary/aromatic N) is 1. The number of nitrogens with one attached hydrogen (secondary N) is 4. The molecule has 0 saturated heterocycles. The van der Waals surface area contributed by atoms with Crippen LogP contribution in [0.5, 0.6) is 0 Å². The maximum Gasteiger partial charge on any atom is 0.408 e. The van der Waals surface area contributed by atoms with E-state index in [1.165, 1.54) is 0 Å². The number of rotatable bonds is 8. The molecule has 0 spiro atoms. The molecule has 0 aromatic heterocycles. The molecule has 0 aromatic rings. The van der Waals surface area contributed by atoms with Crippen LogP contribution < -0.4 is 21.3 Å². The molecule has 28 heavy (non-hydrogen) atoms. The number of guanidine groups is 1. The van der Waals surface area contributed by atoms with Crippen LogP contribution in [0.15, 0.2) is 4.99 Å². The van der Waals surface area contributed by atoms with Gasteiger partial charge in [-0.05, 0) is 33.6 Å². The zero-order valence-corrected chi connectivity index (χ0v) is 19.2. The summed E-state index contributed by atoms with van der Waals surface area (Å²) in [4.78, 5) is 28.3. The summed E-state index contributed by atoms with van der Waals surface area (Å²) in [6.45, 7) is 16.8. The first kappa shape index (κ1) is 26.0. The number of aliphatic imine (C=N–C) groups is 1. The molecule has 0 unspecified atom stereocenters. The van der Waals surface area contributed by atoms with Gasteiger partial charge in [0.05, 0.1) is 5.54 Å². The van der Waals surface area contributed by atoms with Crippen LogP contribution >= 0.6 is 0 Å². The fourth-order valence-electron chi connectivity index (χ4n) is 2.34. The van der Waals surface area contributed by atoms with Crippen LogP contribution in [0.3, 0.4) is 0 Å². The molecule has 4 N–H and O–H groups in total. The van der Waals surface area contributed by atoms with Crippen LogP contribution in [-0.2, 0) is 9.53 Å². The van der Waals surface area contributed by atoms with Gasteiger partial charge in [0.15, 0.2) is 5.96 Å². The zero-order valence-electron chi connectivity index (χ0n) is 19.2. The van der Waals surface area contributed by atoms with E-state index in [0.717, 1.165) is 12.8 Å². The number of carbonyl (C=O) groups is 2. The topological polar surface area (TPSA) is 104 Å². The van der Waals surface area contributed by atoms with Gasteiger partial charge in [0.1, 0.15) is 5.60 Å². The first-order valence-corrected chi connectivity index (χ1v) is 10.0. The summed E-state index contributed by atoms with van der Waals surface area (Å²) >= 11 is 0. The Balaban J connectivity index is 4.62. The van der Waals surface area contributed by atoms with Crippen LogP contribution in [0.1, 0.15) is 68.2 Å². The summed E-state index contributed by atoms with van der Waals surface area (Å²) < 4.78 is 5.40. The minimum atomic E-state index is -0.542. The van der Waals surface area contributed by atoms with E-state index < -0.39 is 22.6 Å². The van der Waals surface area contributed by atoms with Crippen molar-refractivity contribution in [1.29, 1.82) is 0 Å². The van der Waals surface area contributed by atoms with E-state index in [1.54, 1.807) is 7.05 Å². The van der Waals surface area contributed by atoms with Crippen LogP contribution in [0.4, 0.5) is 4.79 Å². The lowest BCUT2D eigenvalue weighted by molar-refractivity contribution is -0.128. The molecule has 8 nitrogen and oxygen atoms in total. The summed E-state index contributed by atoms with van der Waals surface area (Å²) in [6.07, 6.45) is 1.06. The summed E-state index contributed by atoms with van der Waals surface area (Å²) in [5.74, 6) is 0.622. The van der Waals surface area contributed by atoms with Gasteiger partial charge in [0, 0.05) is 32.1 Å². The number of hydrogen-bond acceptors (Lipinski definition) is 4. The first-order valence-electron chi connectivity index (χ1n) is 10.0. The molecule has 0 saturated carbocycles. The molecular weight excluding hydrogens is 358 g/mol. The zero-order chi connectivity index (χ0) is 22.0. The van der Waals surface area contributed by atoms with Crippen molar-refractivity contribution in [3.05, 3.63) is 0 Å². The Morgan fingerprint density at radius 1 is 0.893 bits per heavy atom. The molecule has 0 heterocycles. The summed E-state index contributed by atoms with van der Waals surface area (Å²) in [7, 11) is 1.68. The molecule has 164 valence electrons. The predicted octanol–water partition coefficient (Wildman–Crippen LogP) is 2.40. The van der Waals surface area contributed by atoms with Gasteiger partial charge in [0.2, 0.25) is 5.91 Å². The minimum absolute atomic E-state index is 0.00906. The molecule has 8 heteroatoms. The molecule has 0 rings (SSSR count). The Labute approximate surface area is 170 Å². The van der Waals surface area contributed by atoms with E-state index in [9.17, 15) is 9.59 Å². The largest absolute Gasteiger partial charge is 0.444 e. The average Bonchev–Trinajstić information content (AvgIpc) is 2.57. The Morgan fingerprint density at radius 3 is 1.86 bits per heavy atom. The average molecular weight is 400 g/mol. The third-order valence-electron chi connectivity index (χ3n) is 4.32. The van der Waals surface area contributed by atoms with Crippen molar-refractivity contribution in [1.82, 2.24) is 21.3 Å². The van der Waals surface area contributed by atoms with Crippen LogP contribution in [0.25, 0.3) is 0 Å². The van der Waals surface area contributed by atoms with Gasteiger partial charge in [-0.3, -0.25) is 9.79 Å². The van der Waals surface area contributed by atoms with Gasteiger partial charge in [-0.15, -0.1) is 0 Å². The molecule has 0 atom stereocenters. The molecule has 2 amide bonds. The molecule has 0 aromatic carbocycles. The Hall–Kier alpha value is -1.99. The van der Waals surface area contributed by atoms with Gasteiger partial charge >= 0.3 is 6.09 Å². The highest BCUT2D eigenvalue weighted by Crippen LogP contribution is 2.16. The second-order valence-electron chi connectivity index (χ2n) is 8.97. The maximum atomic E-state index is 12.2. The van der Waals surface area contributed by atoms with Crippen molar-refractivity contribution in [3.8, 4) is 0 Å². The maximum absolute atomic E-state index is 12.2. The van der Waals surface area contributed by atoms with E-state index in [4.69, 9.17) is 4.74 Å². The summed E-state index contributed by atoms with van der Waals surface area (Å²) in [6, 6.07) is 0. The van der Waals surface area contributed by atoms with Crippen LogP contribution in [0, 0.1) is 5.41 Å². The van der Waals surface area contributed by atoms with Crippen molar-refractivity contribution in [2.24, 2.45) is 10.4 Å². The number of ether oxygens (including phenoxy) is 1. The van der Waals surface area contributed by atoms with Crippen molar-refractivity contribution in [2.45, 2.75) is 79.4 Å². The van der Waals surface area contributed by atoms with E-state index >= 15 is 0 Å². The molecule has 0 aliphatic heterocycles. The van der Waals surface area contributed by atoms with Gasteiger partial charge in [-0.2, -0.15) is 0 Å². The van der Waals surface area contributed by atoms with Gasteiger partial charge in [0.25, 0.3) is 0 Å². The number of hydrogen-bond donors (Lipinski definition) is 4. The second kappa shape index (κ2) is 11.1. The molecule has 0 radical (unpaired) electrons. The third kappa shape index (κ3) is 10.4. The van der Waals surface area contributed by atoms with Gasteiger partial charge in [-0.1, -0.05) is 34.6 Å². The second-order valence-corrected chi connectivity index (χ2v) is 8.97. The molecule has 0 fully saturated rings. The van der Waals surface area contributed by atoms with E-state index in [-0.39, 0.29) is 5.91 Å². The Bertz CT molecular complexity index is 529. The Morgan fingerprint density at radius 2 is 1.43 bits per heavy atom. The lowest BCUT2D eigenvalue weighted by Gasteiger charge is -2.34. The van der Waals surface area contributed by atoms with Crippen LogP contribution in [-0.4, -0.2) is 55.8 Å². The third-order valence-corrected chi connectivity index (χ3v) is 4.32. The van der Waals surface area contributed by atoms with Crippen molar-refractivity contribution in [2.75, 3.05) is 26.7 Å². The lowest BCUT2D eigenvalue weighted by atomic mass is 9.93. The first-order chi connectivity index (χ1) is 12.8. The van der Waals surface area contributed by atoms with Gasteiger partial charge < -0.3 is 26.0 Å². The smallest absolute Gasteiger partial charge is 0.408 e. The van der Waals surface area contributed by atoms with Crippen molar-refractivity contribution >= 4 is 18.0 Å². The highest BCUT2D eigenvalue weighted by Gasteiger charge is 2.30. The van der Waals surface area contributed by atoms with E-state index in [1.807, 2.05) is 55.4 Å². The highest BCUT2D eigenvalue weighted by atomic mass is 16.6. The number of carbonyl (C=O) groups excluding carboxylic acids is 2. The predicted molar refractivity (Wildman–Crippen MR) is 115 cm³/mol. The lowest BCUT2D eigenvalue weighted by Crippen LogP contribution is -2.57. The molecule has 0 bridgehead atoms. The normalized spacial score (nSPS) is 13.0. The van der Waals surface area contributed by atoms with E-state index in [0.29, 0.717) is 25.6 Å². The SMILES string of the molecule is CCC(CC)(CNC(=NC)NCCNC(=O)C(C)(C)C)NC(=O)OC(C)(C)C. The summed E-state index contributed by atoms with van der Waals surface area (Å²) in [5.41, 5.74) is -1.39. The van der Waals surface area contributed by atoms with Crippen molar-refractivity contribution < 1.29 is 14.3 Å². The number of alkyl carbamates (subject to hydrolysis) is 1. The fourth-order valence-corrected chi connectivity index (χ4v) is 2.34. The standard InChI is InChI=1S/C20H41N5O3/c1-10-20(11-2,25-17(27)28-19(6,7)8)14-24-16(21-9)23-13-12-22-15(26)18(3,4)5/h10-14H2,1-9H3,(H,22,26)(H,25,27)(H2,21,23,24). The van der Waals surface area contributed by atoms with Gasteiger partial charge in [-0.25, -0.2) is 4.79 Å². The van der Waals surface area contributed by atoms with E-state index in [2.05, 4.69) is 26.3 Å².